The van der Waals surface area contributed by atoms with Crippen LogP contribution in [0, 0.1) is 6.92 Å². The van der Waals surface area contributed by atoms with Crippen LogP contribution in [-0.4, -0.2) is 49.6 Å². The Bertz CT molecular complexity index is 1150. The van der Waals surface area contributed by atoms with Crippen LogP contribution in [0.2, 0.25) is 0 Å². The average molecular weight is 379 g/mol. The number of hydrogen-bond acceptors (Lipinski definition) is 5. The number of carbonyl (C=O) groups excluding carboxylic acids is 1. The molecular formula is C20H21N5O3. The van der Waals surface area contributed by atoms with Crippen molar-refractivity contribution in [2.75, 3.05) is 13.1 Å². The Morgan fingerprint density at radius 2 is 2.18 bits per heavy atom. The van der Waals surface area contributed by atoms with Gasteiger partial charge in [0.25, 0.3) is 5.91 Å². The second-order valence-corrected chi connectivity index (χ2v) is 7.63. The van der Waals surface area contributed by atoms with Gasteiger partial charge in [-0.1, -0.05) is 16.8 Å². The van der Waals surface area contributed by atoms with Crippen molar-refractivity contribution in [3.63, 3.8) is 0 Å². The standard InChI is InChI=1S/C20H21N5O3/c1-12-3-4-16-14(7-12)19(26)15(9-23(16)2)20(27)24-6-5-18-17(10-24)25-13(11-28-18)8-21-22-25/h3-4,7-9,17-18H,5-6,10-11H2,1-2H3/t17-,18-/m1/s1. The van der Waals surface area contributed by atoms with E-state index in [1.807, 2.05) is 41.4 Å². The molecule has 8 heteroatoms. The highest BCUT2D eigenvalue weighted by Crippen LogP contribution is 2.30. The van der Waals surface area contributed by atoms with Crippen molar-refractivity contribution in [1.29, 1.82) is 0 Å². The largest absolute Gasteiger partial charge is 0.370 e. The first-order valence-electron chi connectivity index (χ1n) is 9.43. The van der Waals surface area contributed by atoms with Crippen molar-refractivity contribution in [3.8, 4) is 0 Å². The summed E-state index contributed by atoms with van der Waals surface area (Å²) in [7, 11) is 1.86. The predicted octanol–water partition coefficient (Wildman–Crippen LogP) is 1.42. The molecule has 2 aromatic heterocycles. The van der Waals surface area contributed by atoms with E-state index in [-0.39, 0.29) is 29.0 Å². The number of amides is 1. The zero-order valence-corrected chi connectivity index (χ0v) is 15.8. The fraction of sp³-hybridized carbons (Fsp3) is 0.400. The van der Waals surface area contributed by atoms with Crippen LogP contribution >= 0.6 is 0 Å². The minimum atomic E-state index is -0.241. The summed E-state index contributed by atoms with van der Waals surface area (Å²) in [4.78, 5) is 28.0. The number of ether oxygens (including phenoxy) is 1. The maximum atomic E-state index is 13.3. The minimum Gasteiger partial charge on any atom is -0.370 e. The molecule has 1 amide bonds. The minimum absolute atomic E-state index is 0.0142. The summed E-state index contributed by atoms with van der Waals surface area (Å²) in [5, 5.41) is 8.71. The van der Waals surface area contributed by atoms with E-state index in [4.69, 9.17) is 4.74 Å². The Labute approximate surface area is 161 Å². The Balaban J connectivity index is 1.51. The van der Waals surface area contributed by atoms with E-state index in [2.05, 4.69) is 10.3 Å². The van der Waals surface area contributed by atoms with Crippen LogP contribution in [0.3, 0.4) is 0 Å². The third kappa shape index (κ3) is 2.56. The summed E-state index contributed by atoms with van der Waals surface area (Å²) in [6, 6.07) is 5.65. The summed E-state index contributed by atoms with van der Waals surface area (Å²) in [5.74, 6) is -0.241. The van der Waals surface area contributed by atoms with E-state index < -0.39 is 0 Å². The average Bonchev–Trinajstić information content (AvgIpc) is 3.19. The summed E-state index contributed by atoms with van der Waals surface area (Å²) in [5.41, 5.74) is 2.71. The van der Waals surface area contributed by atoms with Crippen molar-refractivity contribution in [2.45, 2.75) is 32.1 Å². The maximum absolute atomic E-state index is 13.3. The lowest BCUT2D eigenvalue weighted by Crippen LogP contribution is -2.50. The van der Waals surface area contributed by atoms with E-state index in [0.717, 1.165) is 16.8 Å². The van der Waals surface area contributed by atoms with Crippen molar-refractivity contribution in [3.05, 3.63) is 57.6 Å². The first-order valence-corrected chi connectivity index (χ1v) is 9.43. The van der Waals surface area contributed by atoms with Crippen molar-refractivity contribution in [1.82, 2.24) is 24.5 Å². The molecule has 0 N–H and O–H groups in total. The number of nitrogens with zero attached hydrogens (tertiary/aromatic N) is 5. The number of pyridine rings is 1. The smallest absolute Gasteiger partial charge is 0.259 e. The highest BCUT2D eigenvalue weighted by molar-refractivity contribution is 5.97. The quantitative estimate of drug-likeness (QED) is 0.639. The Kier molecular flexibility index (Phi) is 3.83. The molecule has 144 valence electrons. The molecule has 1 saturated heterocycles. The van der Waals surface area contributed by atoms with Crippen LogP contribution in [0.25, 0.3) is 10.9 Å². The first-order chi connectivity index (χ1) is 13.5. The second-order valence-electron chi connectivity index (χ2n) is 7.63. The second kappa shape index (κ2) is 6.27. The molecule has 0 saturated carbocycles. The maximum Gasteiger partial charge on any atom is 0.259 e. The van der Waals surface area contributed by atoms with Crippen LogP contribution in [0.1, 0.15) is 34.1 Å². The fourth-order valence-corrected chi connectivity index (χ4v) is 4.29. The van der Waals surface area contributed by atoms with Crippen LogP contribution in [0.4, 0.5) is 0 Å². The lowest BCUT2D eigenvalue weighted by atomic mass is 9.99. The molecule has 2 aliphatic heterocycles. The SMILES string of the molecule is Cc1ccc2c(c1)c(=O)c(C(=O)N1CC[C@H]3OCc4cnnn4[C@@H]3C1)cn2C. The molecule has 0 bridgehead atoms. The van der Waals surface area contributed by atoms with Crippen LogP contribution in [0.15, 0.2) is 35.4 Å². The number of carbonyl (C=O) groups is 1. The topological polar surface area (TPSA) is 82.2 Å². The molecule has 0 spiro atoms. The molecule has 28 heavy (non-hydrogen) atoms. The fourth-order valence-electron chi connectivity index (χ4n) is 4.29. The highest BCUT2D eigenvalue weighted by Gasteiger charge is 2.38. The van der Waals surface area contributed by atoms with Gasteiger partial charge in [0, 0.05) is 31.7 Å². The highest BCUT2D eigenvalue weighted by atomic mass is 16.5. The molecule has 2 atom stereocenters. The molecular weight excluding hydrogens is 358 g/mol. The Morgan fingerprint density at radius 3 is 3.04 bits per heavy atom. The van der Waals surface area contributed by atoms with Gasteiger partial charge in [-0.15, -0.1) is 5.10 Å². The summed E-state index contributed by atoms with van der Waals surface area (Å²) in [6.45, 7) is 3.44. The third-order valence-electron chi connectivity index (χ3n) is 5.79. The molecule has 1 fully saturated rings. The molecule has 4 heterocycles. The van der Waals surface area contributed by atoms with Crippen LogP contribution < -0.4 is 5.43 Å². The molecule has 3 aromatic rings. The molecule has 1 aromatic carbocycles. The van der Waals surface area contributed by atoms with Crippen molar-refractivity contribution in [2.24, 2.45) is 7.05 Å². The molecule has 0 radical (unpaired) electrons. The van der Waals surface area contributed by atoms with Gasteiger partial charge in [0.2, 0.25) is 5.43 Å². The number of fused-ring (bicyclic) bond motifs is 4. The number of rotatable bonds is 1. The molecule has 2 aliphatic rings. The lowest BCUT2D eigenvalue weighted by molar-refractivity contribution is -0.0605. The molecule has 0 unspecified atom stereocenters. The van der Waals surface area contributed by atoms with Gasteiger partial charge in [0.15, 0.2) is 0 Å². The molecule has 5 rings (SSSR count). The summed E-state index contributed by atoms with van der Waals surface area (Å²) < 4.78 is 9.61. The van der Waals surface area contributed by atoms with E-state index in [1.54, 1.807) is 17.3 Å². The summed E-state index contributed by atoms with van der Waals surface area (Å²) >= 11 is 0. The number of piperidine rings is 1. The van der Waals surface area contributed by atoms with Crippen molar-refractivity contribution < 1.29 is 9.53 Å². The van der Waals surface area contributed by atoms with E-state index in [0.29, 0.717) is 31.5 Å². The van der Waals surface area contributed by atoms with Gasteiger partial charge >= 0.3 is 0 Å². The van der Waals surface area contributed by atoms with Crippen LogP contribution in [0.5, 0.6) is 0 Å². The Hall–Kier alpha value is -3.00. The van der Waals surface area contributed by atoms with Crippen molar-refractivity contribution >= 4 is 16.8 Å². The monoisotopic (exact) mass is 379 g/mol. The van der Waals surface area contributed by atoms with E-state index in [1.165, 1.54) is 0 Å². The number of likely N-dealkylation sites (tertiary alicyclic amines) is 1. The number of aromatic nitrogens is 4. The van der Waals surface area contributed by atoms with Gasteiger partial charge in [0.1, 0.15) is 5.56 Å². The van der Waals surface area contributed by atoms with Gasteiger partial charge in [-0.2, -0.15) is 0 Å². The van der Waals surface area contributed by atoms with Gasteiger partial charge < -0.3 is 14.2 Å². The van der Waals surface area contributed by atoms with Gasteiger partial charge in [-0.05, 0) is 25.5 Å². The zero-order valence-electron chi connectivity index (χ0n) is 15.8. The third-order valence-corrected chi connectivity index (χ3v) is 5.79. The number of aryl methyl sites for hydroxylation is 2. The number of hydrogen-bond donors (Lipinski definition) is 0. The van der Waals surface area contributed by atoms with Gasteiger partial charge in [-0.3, -0.25) is 9.59 Å². The number of benzene rings is 1. The Morgan fingerprint density at radius 1 is 1.32 bits per heavy atom. The molecule has 0 aliphatic carbocycles. The van der Waals surface area contributed by atoms with E-state index in [9.17, 15) is 9.59 Å². The summed E-state index contributed by atoms with van der Waals surface area (Å²) in [6.07, 6.45) is 4.06. The van der Waals surface area contributed by atoms with Gasteiger partial charge in [0.05, 0.1) is 36.2 Å². The van der Waals surface area contributed by atoms with Crippen LogP contribution in [-0.2, 0) is 18.4 Å². The first kappa shape index (κ1) is 17.1. The van der Waals surface area contributed by atoms with E-state index >= 15 is 0 Å². The van der Waals surface area contributed by atoms with Gasteiger partial charge in [-0.25, -0.2) is 4.68 Å². The predicted molar refractivity (Wildman–Crippen MR) is 102 cm³/mol. The zero-order chi connectivity index (χ0) is 19.4. The normalized spacial score (nSPS) is 21.4. The molecule has 8 nitrogen and oxygen atoms in total. The lowest BCUT2D eigenvalue weighted by Gasteiger charge is -2.40.